The minimum atomic E-state index is -0.158. The summed E-state index contributed by atoms with van der Waals surface area (Å²) in [6, 6.07) is 11.1. The van der Waals surface area contributed by atoms with Crippen molar-refractivity contribution >= 4 is 50.3 Å². The van der Waals surface area contributed by atoms with Crippen molar-refractivity contribution in [2.75, 3.05) is 46.3 Å². The standard InChI is InChI=1S/C22H24ClN3O3S/c1-25(2)11-12-26(21(27)10-9-15-7-5-6-8-16(15)23)22-24-17-13-18(28-3)19(29-4)14-20(17)30-22/h5-10,13-14H,11-12H2,1-4H3/b10-9+. The van der Waals surface area contributed by atoms with Crippen LogP contribution in [0, 0.1) is 0 Å². The van der Waals surface area contributed by atoms with Crippen LogP contribution >= 0.6 is 22.9 Å². The van der Waals surface area contributed by atoms with E-state index in [0.717, 1.165) is 15.8 Å². The van der Waals surface area contributed by atoms with Crippen molar-refractivity contribution in [1.82, 2.24) is 9.88 Å². The summed E-state index contributed by atoms with van der Waals surface area (Å²) in [5, 5.41) is 1.22. The average molecular weight is 446 g/mol. The Kier molecular flexibility index (Phi) is 7.31. The maximum Gasteiger partial charge on any atom is 0.252 e. The van der Waals surface area contributed by atoms with Crippen molar-refractivity contribution in [2.24, 2.45) is 0 Å². The van der Waals surface area contributed by atoms with E-state index in [0.29, 0.717) is 34.7 Å². The zero-order valence-electron chi connectivity index (χ0n) is 17.4. The lowest BCUT2D eigenvalue weighted by atomic mass is 10.2. The SMILES string of the molecule is COc1cc2nc(N(CCN(C)C)C(=O)/C=C/c3ccccc3Cl)sc2cc1OC. The van der Waals surface area contributed by atoms with Crippen LogP contribution in [-0.2, 0) is 4.79 Å². The first-order valence-corrected chi connectivity index (χ1v) is 10.5. The molecule has 30 heavy (non-hydrogen) atoms. The summed E-state index contributed by atoms with van der Waals surface area (Å²) in [6.07, 6.45) is 3.26. The van der Waals surface area contributed by atoms with Gasteiger partial charge < -0.3 is 14.4 Å². The summed E-state index contributed by atoms with van der Waals surface area (Å²) < 4.78 is 11.7. The Bertz CT molecular complexity index is 1020. The van der Waals surface area contributed by atoms with Gasteiger partial charge in [0.1, 0.15) is 0 Å². The number of hydrogen-bond acceptors (Lipinski definition) is 6. The molecule has 0 aliphatic carbocycles. The third-order valence-electron chi connectivity index (χ3n) is 4.46. The number of likely N-dealkylation sites (N-methyl/N-ethyl adjacent to an activating group) is 1. The minimum Gasteiger partial charge on any atom is -0.493 e. The normalized spacial score (nSPS) is 11.4. The second kappa shape index (κ2) is 9.93. The topological polar surface area (TPSA) is 54.9 Å². The number of fused-ring (bicyclic) bond motifs is 1. The smallest absolute Gasteiger partial charge is 0.252 e. The number of ether oxygens (including phenoxy) is 2. The molecule has 6 nitrogen and oxygen atoms in total. The third-order valence-corrected chi connectivity index (χ3v) is 5.85. The molecule has 0 saturated carbocycles. The molecule has 0 aliphatic rings. The number of hydrogen-bond donors (Lipinski definition) is 0. The first-order chi connectivity index (χ1) is 14.4. The van der Waals surface area contributed by atoms with Crippen LogP contribution in [0.5, 0.6) is 11.5 Å². The number of anilines is 1. The van der Waals surface area contributed by atoms with Crippen LogP contribution in [0.4, 0.5) is 5.13 Å². The number of amides is 1. The fourth-order valence-electron chi connectivity index (χ4n) is 2.82. The number of thiazole rings is 1. The van der Waals surface area contributed by atoms with Crippen molar-refractivity contribution in [3.05, 3.63) is 53.1 Å². The predicted octanol–water partition coefficient (Wildman–Crippen LogP) is 4.57. The number of carbonyl (C=O) groups is 1. The van der Waals surface area contributed by atoms with Gasteiger partial charge in [0.05, 0.1) is 24.4 Å². The lowest BCUT2D eigenvalue weighted by Crippen LogP contribution is -2.35. The molecular weight excluding hydrogens is 422 g/mol. The number of methoxy groups -OCH3 is 2. The van der Waals surface area contributed by atoms with Gasteiger partial charge in [-0.25, -0.2) is 4.98 Å². The highest BCUT2D eigenvalue weighted by Gasteiger charge is 2.19. The lowest BCUT2D eigenvalue weighted by Gasteiger charge is -2.20. The molecule has 0 atom stereocenters. The molecule has 1 heterocycles. The van der Waals surface area contributed by atoms with Crippen molar-refractivity contribution < 1.29 is 14.3 Å². The number of halogens is 1. The fraction of sp³-hybridized carbons (Fsp3) is 0.273. The fourth-order valence-corrected chi connectivity index (χ4v) is 4.03. The van der Waals surface area contributed by atoms with Crippen LogP contribution in [0.3, 0.4) is 0 Å². The number of benzene rings is 2. The van der Waals surface area contributed by atoms with E-state index in [1.54, 1.807) is 31.3 Å². The molecule has 0 N–H and O–H groups in total. The largest absolute Gasteiger partial charge is 0.493 e. The molecule has 0 radical (unpaired) electrons. The zero-order chi connectivity index (χ0) is 21.7. The van der Waals surface area contributed by atoms with Crippen LogP contribution in [0.1, 0.15) is 5.56 Å². The second-order valence-corrected chi connectivity index (χ2v) is 8.24. The van der Waals surface area contributed by atoms with E-state index in [1.165, 1.54) is 17.4 Å². The Morgan fingerprint density at radius 1 is 1.13 bits per heavy atom. The van der Waals surface area contributed by atoms with Gasteiger partial charge in [-0.15, -0.1) is 0 Å². The summed E-state index contributed by atoms with van der Waals surface area (Å²) in [4.78, 5) is 21.4. The first-order valence-electron chi connectivity index (χ1n) is 9.34. The summed E-state index contributed by atoms with van der Waals surface area (Å²) in [7, 11) is 7.12. The molecule has 0 unspecified atom stereocenters. The Morgan fingerprint density at radius 2 is 1.83 bits per heavy atom. The van der Waals surface area contributed by atoms with E-state index in [1.807, 2.05) is 49.3 Å². The van der Waals surface area contributed by atoms with Gasteiger partial charge in [-0.05, 0) is 31.8 Å². The minimum absolute atomic E-state index is 0.158. The second-order valence-electron chi connectivity index (χ2n) is 6.82. The van der Waals surface area contributed by atoms with Gasteiger partial charge in [0.25, 0.3) is 5.91 Å². The Balaban J connectivity index is 1.94. The Morgan fingerprint density at radius 3 is 2.50 bits per heavy atom. The molecule has 0 saturated heterocycles. The lowest BCUT2D eigenvalue weighted by molar-refractivity contribution is -0.114. The molecule has 158 valence electrons. The quantitative estimate of drug-likeness (QED) is 0.475. The molecule has 8 heteroatoms. The molecule has 0 aliphatic heterocycles. The average Bonchev–Trinajstić information content (AvgIpc) is 3.14. The zero-order valence-corrected chi connectivity index (χ0v) is 19.0. The van der Waals surface area contributed by atoms with Crippen molar-refractivity contribution in [2.45, 2.75) is 0 Å². The Labute approximate surface area is 185 Å². The Hall–Kier alpha value is -2.61. The van der Waals surface area contributed by atoms with E-state index in [9.17, 15) is 4.79 Å². The number of aromatic nitrogens is 1. The molecule has 0 bridgehead atoms. The van der Waals surface area contributed by atoms with E-state index < -0.39 is 0 Å². The molecule has 0 spiro atoms. The molecular formula is C22H24ClN3O3S. The third kappa shape index (κ3) is 5.11. The highest BCUT2D eigenvalue weighted by atomic mass is 35.5. The first kappa shape index (κ1) is 22.1. The van der Waals surface area contributed by atoms with Crippen LogP contribution in [0.2, 0.25) is 5.02 Å². The van der Waals surface area contributed by atoms with Crippen LogP contribution in [0.25, 0.3) is 16.3 Å². The van der Waals surface area contributed by atoms with Gasteiger partial charge in [0, 0.05) is 36.3 Å². The van der Waals surface area contributed by atoms with Gasteiger partial charge >= 0.3 is 0 Å². The molecule has 1 aromatic heterocycles. The molecule has 3 rings (SSSR count). The van der Waals surface area contributed by atoms with Crippen molar-refractivity contribution in [1.29, 1.82) is 0 Å². The summed E-state index contributed by atoms with van der Waals surface area (Å²) in [6.45, 7) is 1.21. The maximum absolute atomic E-state index is 13.1. The number of carbonyl (C=O) groups excluding carboxylic acids is 1. The van der Waals surface area contributed by atoms with Crippen molar-refractivity contribution in [3.63, 3.8) is 0 Å². The van der Waals surface area contributed by atoms with Crippen LogP contribution in [0.15, 0.2) is 42.5 Å². The molecule has 0 fully saturated rings. The van der Waals surface area contributed by atoms with Crippen LogP contribution < -0.4 is 14.4 Å². The van der Waals surface area contributed by atoms with Gasteiger partial charge in [-0.2, -0.15) is 0 Å². The number of rotatable bonds is 8. The predicted molar refractivity (Wildman–Crippen MR) is 124 cm³/mol. The van der Waals surface area contributed by atoms with Gasteiger partial charge in [-0.1, -0.05) is 41.1 Å². The maximum atomic E-state index is 13.1. The van der Waals surface area contributed by atoms with Gasteiger partial charge in [0.15, 0.2) is 16.6 Å². The number of nitrogens with zero attached hydrogens (tertiary/aromatic N) is 3. The molecule has 2 aromatic carbocycles. The van der Waals surface area contributed by atoms with E-state index >= 15 is 0 Å². The van der Waals surface area contributed by atoms with Gasteiger partial charge in [-0.3, -0.25) is 9.69 Å². The highest BCUT2D eigenvalue weighted by molar-refractivity contribution is 7.22. The highest BCUT2D eigenvalue weighted by Crippen LogP contribution is 2.37. The summed E-state index contributed by atoms with van der Waals surface area (Å²) >= 11 is 7.64. The summed E-state index contributed by atoms with van der Waals surface area (Å²) in [5.74, 6) is 1.08. The van der Waals surface area contributed by atoms with Gasteiger partial charge in [0.2, 0.25) is 0 Å². The van der Waals surface area contributed by atoms with E-state index in [-0.39, 0.29) is 5.91 Å². The van der Waals surface area contributed by atoms with Crippen molar-refractivity contribution in [3.8, 4) is 11.5 Å². The van der Waals surface area contributed by atoms with E-state index in [4.69, 9.17) is 21.1 Å². The molecule has 1 amide bonds. The van der Waals surface area contributed by atoms with E-state index in [2.05, 4.69) is 4.98 Å². The van der Waals surface area contributed by atoms with Crippen LogP contribution in [-0.4, -0.2) is 57.2 Å². The summed E-state index contributed by atoms with van der Waals surface area (Å²) in [5.41, 5.74) is 1.55. The molecule has 3 aromatic rings. The monoisotopic (exact) mass is 445 g/mol.